The summed E-state index contributed by atoms with van der Waals surface area (Å²) in [6.07, 6.45) is 3.27. The number of nitrogens with zero attached hydrogens (tertiary/aromatic N) is 2. The van der Waals surface area contributed by atoms with Gasteiger partial charge in [-0.2, -0.15) is 5.26 Å². The Hall–Kier alpha value is -1.38. The molecule has 0 N–H and O–H groups in total. The van der Waals surface area contributed by atoms with Crippen LogP contribution in [0, 0.1) is 11.3 Å². The SMILES string of the molecule is N#Cc1cc(CBr)ccc1Oc1cncc(Br)c1. The predicted octanol–water partition coefficient (Wildman–Crippen LogP) is 4.40. The lowest BCUT2D eigenvalue weighted by Crippen LogP contribution is -1.90. The van der Waals surface area contributed by atoms with Gasteiger partial charge in [0.15, 0.2) is 0 Å². The van der Waals surface area contributed by atoms with E-state index in [-0.39, 0.29) is 0 Å². The van der Waals surface area contributed by atoms with Gasteiger partial charge in [0.05, 0.1) is 11.8 Å². The number of hydrogen-bond acceptors (Lipinski definition) is 3. The first-order valence-corrected chi connectivity index (χ1v) is 7.02. The molecule has 0 spiro atoms. The molecule has 0 aliphatic rings. The largest absolute Gasteiger partial charge is 0.454 e. The second-order valence-corrected chi connectivity index (χ2v) is 4.99. The second kappa shape index (κ2) is 5.98. The smallest absolute Gasteiger partial charge is 0.146 e. The fourth-order valence-corrected chi connectivity index (χ4v) is 2.10. The van der Waals surface area contributed by atoms with Gasteiger partial charge in [0, 0.05) is 16.0 Å². The van der Waals surface area contributed by atoms with Crippen molar-refractivity contribution in [3.8, 4) is 17.6 Å². The molecule has 0 atom stereocenters. The topological polar surface area (TPSA) is 45.9 Å². The van der Waals surface area contributed by atoms with Gasteiger partial charge < -0.3 is 4.74 Å². The highest BCUT2D eigenvalue weighted by Crippen LogP contribution is 2.27. The third-order valence-electron chi connectivity index (χ3n) is 2.23. The summed E-state index contributed by atoms with van der Waals surface area (Å²) in [5.41, 5.74) is 1.54. The Morgan fingerprint density at radius 3 is 2.78 bits per heavy atom. The van der Waals surface area contributed by atoms with E-state index in [1.807, 2.05) is 6.07 Å². The zero-order valence-electron chi connectivity index (χ0n) is 9.23. The van der Waals surface area contributed by atoms with Crippen molar-refractivity contribution < 1.29 is 4.74 Å². The Bertz CT molecular complexity index is 608. The average Bonchev–Trinajstić information content (AvgIpc) is 2.39. The molecule has 0 radical (unpaired) electrons. The summed E-state index contributed by atoms with van der Waals surface area (Å²) in [5, 5.41) is 9.81. The molecule has 90 valence electrons. The molecule has 1 aromatic heterocycles. The summed E-state index contributed by atoms with van der Waals surface area (Å²) >= 11 is 6.68. The highest BCUT2D eigenvalue weighted by Gasteiger charge is 2.06. The predicted molar refractivity (Wildman–Crippen MR) is 75.8 cm³/mol. The molecule has 0 saturated heterocycles. The van der Waals surface area contributed by atoms with Gasteiger partial charge in [0.2, 0.25) is 0 Å². The molecule has 1 aromatic carbocycles. The van der Waals surface area contributed by atoms with Crippen molar-refractivity contribution in [1.29, 1.82) is 5.26 Å². The Labute approximate surface area is 122 Å². The van der Waals surface area contributed by atoms with E-state index >= 15 is 0 Å². The first kappa shape index (κ1) is 13.1. The molecule has 3 nitrogen and oxygen atoms in total. The third kappa shape index (κ3) is 3.09. The number of aromatic nitrogens is 1. The van der Waals surface area contributed by atoms with Crippen LogP contribution in [0.15, 0.2) is 41.1 Å². The maximum atomic E-state index is 9.10. The number of halogens is 2. The van der Waals surface area contributed by atoms with Crippen LogP contribution in [-0.2, 0) is 5.33 Å². The van der Waals surface area contributed by atoms with Gasteiger partial charge in [-0.3, -0.25) is 4.98 Å². The van der Waals surface area contributed by atoms with Gasteiger partial charge in [-0.1, -0.05) is 22.0 Å². The molecule has 0 amide bonds. The Morgan fingerprint density at radius 1 is 1.28 bits per heavy atom. The number of ether oxygens (including phenoxy) is 1. The molecule has 0 unspecified atom stereocenters. The first-order chi connectivity index (χ1) is 8.72. The minimum atomic E-state index is 0.506. The molecule has 0 bridgehead atoms. The Morgan fingerprint density at radius 2 is 2.11 bits per heavy atom. The molecule has 18 heavy (non-hydrogen) atoms. The Kier molecular flexibility index (Phi) is 4.34. The maximum Gasteiger partial charge on any atom is 0.146 e. The minimum absolute atomic E-state index is 0.506. The maximum absolute atomic E-state index is 9.10. The van der Waals surface area contributed by atoms with Crippen molar-refractivity contribution in [2.45, 2.75) is 5.33 Å². The zero-order valence-corrected chi connectivity index (χ0v) is 12.4. The summed E-state index contributed by atoms with van der Waals surface area (Å²) in [5.74, 6) is 1.12. The van der Waals surface area contributed by atoms with Crippen LogP contribution in [0.1, 0.15) is 11.1 Å². The molecule has 0 saturated carbocycles. The second-order valence-electron chi connectivity index (χ2n) is 3.52. The van der Waals surface area contributed by atoms with E-state index in [0.29, 0.717) is 22.4 Å². The number of nitriles is 1. The molecule has 5 heteroatoms. The van der Waals surface area contributed by atoms with E-state index < -0.39 is 0 Å². The van der Waals surface area contributed by atoms with Gasteiger partial charge >= 0.3 is 0 Å². The minimum Gasteiger partial charge on any atom is -0.454 e. The number of hydrogen-bond donors (Lipinski definition) is 0. The van der Waals surface area contributed by atoms with Crippen LogP contribution < -0.4 is 4.74 Å². The molecule has 0 aliphatic heterocycles. The van der Waals surface area contributed by atoms with Gasteiger partial charge in [0.25, 0.3) is 0 Å². The Balaban J connectivity index is 2.32. The lowest BCUT2D eigenvalue weighted by Gasteiger charge is -2.08. The highest BCUT2D eigenvalue weighted by molar-refractivity contribution is 9.10. The first-order valence-electron chi connectivity index (χ1n) is 5.10. The monoisotopic (exact) mass is 366 g/mol. The molecule has 2 rings (SSSR count). The van der Waals surface area contributed by atoms with E-state index in [1.165, 1.54) is 0 Å². The summed E-state index contributed by atoms with van der Waals surface area (Å²) in [4.78, 5) is 4.01. The fraction of sp³-hybridized carbons (Fsp3) is 0.0769. The summed E-state index contributed by atoms with van der Waals surface area (Å²) in [6, 6.07) is 9.43. The number of pyridine rings is 1. The van der Waals surface area contributed by atoms with E-state index in [9.17, 15) is 0 Å². The van der Waals surface area contributed by atoms with E-state index in [1.54, 1.807) is 30.6 Å². The number of rotatable bonds is 3. The number of alkyl halides is 1. The molecular formula is C13H8Br2N2O. The van der Waals surface area contributed by atoms with E-state index in [4.69, 9.17) is 10.00 Å². The van der Waals surface area contributed by atoms with Crippen molar-refractivity contribution in [3.63, 3.8) is 0 Å². The van der Waals surface area contributed by atoms with Crippen LogP contribution in [0.4, 0.5) is 0 Å². The molecule has 1 heterocycles. The molecule has 0 aliphatic carbocycles. The van der Waals surface area contributed by atoms with Crippen LogP contribution in [0.3, 0.4) is 0 Å². The van der Waals surface area contributed by atoms with Gasteiger partial charge in [0.1, 0.15) is 17.6 Å². The van der Waals surface area contributed by atoms with Crippen LogP contribution in [0.2, 0.25) is 0 Å². The van der Waals surface area contributed by atoms with Crippen molar-refractivity contribution in [3.05, 3.63) is 52.3 Å². The van der Waals surface area contributed by atoms with Gasteiger partial charge in [-0.05, 0) is 39.7 Å². The lowest BCUT2D eigenvalue weighted by molar-refractivity contribution is 0.478. The standard InChI is InChI=1S/C13H8Br2N2O/c14-5-9-1-2-13(10(3-9)6-16)18-12-4-11(15)7-17-8-12/h1-4,7-8H,5H2. The summed E-state index contributed by atoms with van der Waals surface area (Å²) in [7, 11) is 0. The number of benzene rings is 1. The van der Waals surface area contributed by atoms with E-state index in [2.05, 4.69) is 42.9 Å². The lowest BCUT2D eigenvalue weighted by atomic mass is 10.1. The molecule has 2 aromatic rings. The fourth-order valence-electron chi connectivity index (χ4n) is 1.41. The van der Waals surface area contributed by atoms with Crippen molar-refractivity contribution in [1.82, 2.24) is 4.98 Å². The highest BCUT2D eigenvalue weighted by atomic mass is 79.9. The average molecular weight is 368 g/mol. The van der Waals surface area contributed by atoms with E-state index in [0.717, 1.165) is 10.0 Å². The van der Waals surface area contributed by atoms with Crippen LogP contribution in [-0.4, -0.2) is 4.98 Å². The molecule has 0 fully saturated rings. The van der Waals surface area contributed by atoms with Crippen molar-refractivity contribution in [2.75, 3.05) is 0 Å². The third-order valence-corrected chi connectivity index (χ3v) is 3.31. The quantitative estimate of drug-likeness (QED) is 0.755. The normalized spacial score (nSPS) is 9.83. The van der Waals surface area contributed by atoms with Crippen molar-refractivity contribution in [2.24, 2.45) is 0 Å². The van der Waals surface area contributed by atoms with Crippen LogP contribution in [0.5, 0.6) is 11.5 Å². The van der Waals surface area contributed by atoms with Crippen LogP contribution in [0.25, 0.3) is 0 Å². The zero-order chi connectivity index (χ0) is 13.0. The van der Waals surface area contributed by atoms with Crippen LogP contribution >= 0.6 is 31.9 Å². The van der Waals surface area contributed by atoms with Gasteiger partial charge in [-0.25, -0.2) is 0 Å². The summed E-state index contributed by atoms with van der Waals surface area (Å²) < 4.78 is 6.48. The summed E-state index contributed by atoms with van der Waals surface area (Å²) in [6.45, 7) is 0. The molecular weight excluding hydrogens is 360 g/mol. The van der Waals surface area contributed by atoms with Crippen molar-refractivity contribution >= 4 is 31.9 Å². The van der Waals surface area contributed by atoms with Gasteiger partial charge in [-0.15, -0.1) is 0 Å².